The highest BCUT2D eigenvalue weighted by Gasteiger charge is 2.06. The number of hydrogen-bond acceptors (Lipinski definition) is 9. The van der Waals surface area contributed by atoms with Crippen molar-refractivity contribution in [2.24, 2.45) is 0 Å². The monoisotopic (exact) mass is 394 g/mol. The summed E-state index contributed by atoms with van der Waals surface area (Å²) in [5.74, 6) is 2.45. The van der Waals surface area contributed by atoms with Crippen molar-refractivity contribution in [3.05, 3.63) is 59.8 Å². The van der Waals surface area contributed by atoms with Crippen LogP contribution in [0.5, 0.6) is 11.6 Å². The third-order valence-electron chi connectivity index (χ3n) is 4.11. The van der Waals surface area contributed by atoms with Gasteiger partial charge in [0.25, 0.3) is 0 Å². The fraction of sp³-hybridized carbons (Fsp3) is 0.250. The third-order valence-corrected chi connectivity index (χ3v) is 4.11. The average molecular weight is 394 g/mol. The van der Waals surface area contributed by atoms with E-state index >= 15 is 0 Å². The van der Waals surface area contributed by atoms with Gasteiger partial charge in [-0.15, -0.1) is 0 Å². The second kappa shape index (κ2) is 9.45. The van der Waals surface area contributed by atoms with Gasteiger partial charge >= 0.3 is 5.97 Å². The van der Waals surface area contributed by atoms with E-state index in [1.807, 2.05) is 24.3 Å². The highest BCUT2D eigenvalue weighted by Crippen LogP contribution is 2.22. The molecule has 0 saturated heterocycles. The molecule has 0 aliphatic rings. The number of anilines is 2. The van der Waals surface area contributed by atoms with Crippen LogP contribution in [0.1, 0.15) is 23.4 Å². The van der Waals surface area contributed by atoms with Gasteiger partial charge in [0.2, 0.25) is 5.88 Å². The molecule has 2 heterocycles. The fourth-order valence-electron chi connectivity index (χ4n) is 2.52. The van der Waals surface area contributed by atoms with Gasteiger partial charge in [-0.05, 0) is 31.0 Å². The molecular weight excluding hydrogens is 372 g/mol. The molecule has 3 aromatic rings. The zero-order valence-electron chi connectivity index (χ0n) is 16.3. The van der Waals surface area contributed by atoms with E-state index in [0.29, 0.717) is 48.5 Å². The van der Waals surface area contributed by atoms with Gasteiger partial charge in [0, 0.05) is 30.8 Å². The second-order valence-electron chi connectivity index (χ2n) is 6.24. The molecule has 0 saturated carbocycles. The van der Waals surface area contributed by atoms with Crippen molar-refractivity contribution >= 4 is 17.6 Å². The van der Waals surface area contributed by atoms with Crippen LogP contribution in [0.2, 0.25) is 0 Å². The lowest BCUT2D eigenvalue weighted by molar-refractivity contribution is -0.140. The topological polar surface area (TPSA) is 125 Å². The summed E-state index contributed by atoms with van der Waals surface area (Å²) in [6.07, 6.45) is 4.05. The van der Waals surface area contributed by atoms with Gasteiger partial charge in [0.05, 0.1) is 7.11 Å². The Morgan fingerprint density at radius 1 is 1.17 bits per heavy atom. The van der Waals surface area contributed by atoms with E-state index in [2.05, 4.69) is 30.0 Å². The smallest absolute Gasteiger partial charge is 0.305 e. The van der Waals surface area contributed by atoms with Gasteiger partial charge in [0.1, 0.15) is 29.5 Å². The number of carbonyl (C=O) groups excluding carboxylic acids is 1. The van der Waals surface area contributed by atoms with Crippen molar-refractivity contribution < 1.29 is 14.3 Å². The predicted molar refractivity (Wildman–Crippen MR) is 107 cm³/mol. The Morgan fingerprint density at radius 3 is 2.69 bits per heavy atom. The standard InChI is InChI=1S/C20H22N6O3/c1-13-22-10-15(20(21)26-13)11-23-17-9-18(25-12-24-17)29-16-6-3-14(4-7-16)5-8-19(27)28-2/h3-4,6-7,9-10,12H,5,8,11H2,1-2H3,(H2,21,22,26)(H,23,24,25). The first-order valence-electron chi connectivity index (χ1n) is 9.01. The van der Waals surface area contributed by atoms with Crippen LogP contribution in [0.3, 0.4) is 0 Å². The normalized spacial score (nSPS) is 10.4. The number of aromatic nitrogens is 4. The van der Waals surface area contributed by atoms with E-state index in [0.717, 1.165) is 11.1 Å². The Hall–Kier alpha value is -3.75. The van der Waals surface area contributed by atoms with Crippen LogP contribution in [0, 0.1) is 6.92 Å². The fourth-order valence-corrected chi connectivity index (χ4v) is 2.52. The first kappa shape index (κ1) is 20.0. The van der Waals surface area contributed by atoms with E-state index in [9.17, 15) is 4.79 Å². The minimum atomic E-state index is -0.231. The summed E-state index contributed by atoms with van der Waals surface area (Å²) in [5.41, 5.74) is 7.70. The molecule has 9 heteroatoms. The molecule has 0 fully saturated rings. The molecule has 0 amide bonds. The molecule has 29 heavy (non-hydrogen) atoms. The molecule has 0 bridgehead atoms. The van der Waals surface area contributed by atoms with Crippen molar-refractivity contribution in [3.63, 3.8) is 0 Å². The first-order valence-corrected chi connectivity index (χ1v) is 9.01. The second-order valence-corrected chi connectivity index (χ2v) is 6.24. The summed E-state index contributed by atoms with van der Waals surface area (Å²) >= 11 is 0. The zero-order chi connectivity index (χ0) is 20.6. The Balaban J connectivity index is 1.58. The van der Waals surface area contributed by atoms with E-state index < -0.39 is 0 Å². The summed E-state index contributed by atoms with van der Waals surface area (Å²) in [6, 6.07) is 9.15. The number of nitrogens with two attached hydrogens (primary N) is 1. The van der Waals surface area contributed by atoms with Crippen LogP contribution >= 0.6 is 0 Å². The molecule has 0 spiro atoms. The number of methoxy groups -OCH3 is 1. The van der Waals surface area contributed by atoms with Crippen molar-refractivity contribution in [2.45, 2.75) is 26.3 Å². The Morgan fingerprint density at radius 2 is 1.97 bits per heavy atom. The lowest BCUT2D eigenvalue weighted by atomic mass is 10.1. The number of benzene rings is 1. The summed E-state index contributed by atoms with van der Waals surface area (Å²) < 4.78 is 10.4. The van der Waals surface area contributed by atoms with Crippen molar-refractivity contribution in [1.82, 2.24) is 19.9 Å². The molecule has 0 atom stereocenters. The largest absolute Gasteiger partial charge is 0.469 e. The van der Waals surface area contributed by atoms with Gasteiger partial charge < -0.3 is 20.5 Å². The first-order chi connectivity index (χ1) is 14.0. The molecular formula is C20H22N6O3. The van der Waals surface area contributed by atoms with Crippen LogP contribution in [0.4, 0.5) is 11.6 Å². The molecule has 0 aliphatic heterocycles. The quantitative estimate of drug-likeness (QED) is 0.555. The minimum absolute atomic E-state index is 0.231. The number of hydrogen-bond donors (Lipinski definition) is 2. The van der Waals surface area contributed by atoms with E-state index in [4.69, 9.17) is 10.5 Å². The summed E-state index contributed by atoms with van der Waals surface area (Å²) in [4.78, 5) is 27.8. The van der Waals surface area contributed by atoms with E-state index in [1.165, 1.54) is 13.4 Å². The maximum absolute atomic E-state index is 11.2. The number of ether oxygens (including phenoxy) is 2. The molecule has 9 nitrogen and oxygen atoms in total. The van der Waals surface area contributed by atoms with Crippen LogP contribution in [0.25, 0.3) is 0 Å². The number of carbonyl (C=O) groups is 1. The van der Waals surface area contributed by atoms with Gasteiger partial charge in [-0.25, -0.2) is 19.9 Å². The molecule has 3 rings (SSSR count). The summed E-state index contributed by atoms with van der Waals surface area (Å²) in [5, 5.41) is 3.15. The molecule has 0 radical (unpaired) electrons. The molecule has 2 aromatic heterocycles. The summed E-state index contributed by atoms with van der Waals surface area (Å²) in [6.45, 7) is 2.21. The number of rotatable bonds is 8. The lowest BCUT2D eigenvalue weighted by Crippen LogP contribution is -2.07. The van der Waals surface area contributed by atoms with Crippen LogP contribution in [-0.2, 0) is 22.5 Å². The number of aryl methyl sites for hydroxylation is 2. The van der Waals surface area contributed by atoms with Gasteiger partial charge in [-0.2, -0.15) is 0 Å². The van der Waals surface area contributed by atoms with Crippen LogP contribution in [0.15, 0.2) is 42.9 Å². The van der Waals surface area contributed by atoms with Gasteiger partial charge in [-0.1, -0.05) is 12.1 Å². The van der Waals surface area contributed by atoms with E-state index in [1.54, 1.807) is 19.2 Å². The lowest BCUT2D eigenvalue weighted by Gasteiger charge is -2.09. The Kier molecular flexibility index (Phi) is 6.51. The molecule has 1 aromatic carbocycles. The zero-order valence-corrected chi connectivity index (χ0v) is 16.3. The van der Waals surface area contributed by atoms with Crippen molar-refractivity contribution in [1.29, 1.82) is 0 Å². The van der Waals surface area contributed by atoms with Crippen LogP contribution in [-0.4, -0.2) is 33.0 Å². The highest BCUT2D eigenvalue weighted by molar-refractivity contribution is 5.69. The Labute approximate surface area is 168 Å². The van der Waals surface area contributed by atoms with Gasteiger partial charge in [0.15, 0.2) is 0 Å². The van der Waals surface area contributed by atoms with Crippen molar-refractivity contribution in [2.75, 3.05) is 18.2 Å². The number of esters is 1. The number of nitrogen functional groups attached to an aromatic ring is 1. The Bertz CT molecular complexity index is 978. The SMILES string of the molecule is COC(=O)CCc1ccc(Oc2cc(NCc3cnc(C)nc3N)ncn2)cc1. The van der Waals surface area contributed by atoms with E-state index in [-0.39, 0.29) is 5.97 Å². The highest BCUT2D eigenvalue weighted by atomic mass is 16.5. The average Bonchev–Trinajstić information content (AvgIpc) is 2.72. The molecule has 0 aliphatic carbocycles. The summed E-state index contributed by atoms with van der Waals surface area (Å²) in [7, 11) is 1.38. The maximum atomic E-state index is 11.2. The van der Waals surface area contributed by atoms with Crippen molar-refractivity contribution in [3.8, 4) is 11.6 Å². The van der Waals surface area contributed by atoms with Gasteiger partial charge in [-0.3, -0.25) is 4.79 Å². The molecule has 0 unspecified atom stereocenters. The molecule has 150 valence electrons. The predicted octanol–water partition coefficient (Wildman–Crippen LogP) is 2.67. The molecule has 3 N–H and O–H groups in total. The maximum Gasteiger partial charge on any atom is 0.305 e. The number of nitrogens with zero attached hydrogens (tertiary/aromatic N) is 4. The van der Waals surface area contributed by atoms with Crippen LogP contribution < -0.4 is 15.8 Å². The number of nitrogens with one attached hydrogen (secondary N) is 1. The third kappa shape index (κ3) is 5.86. The minimum Gasteiger partial charge on any atom is -0.469 e.